The first-order valence-corrected chi connectivity index (χ1v) is 4.74. The van der Waals surface area contributed by atoms with Crippen molar-refractivity contribution in [2.24, 2.45) is 0 Å². The Kier molecular flexibility index (Phi) is 3.20. The van der Waals surface area contributed by atoms with Crippen molar-refractivity contribution in [2.45, 2.75) is 24.8 Å². The minimum absolute atomic E-state index is 0.149. The summed E-state index contributed by atoms with van der Waals surface area (Å²) < 4.78 is 4.62. The summed E-state index contributed by atoms with van der Waals surface area (Å²) >= 11 is 1.61. The van der Waals surface area contributed by atoms with Crippen LogP contribution >= 0.6 is 11.8 Å². The van der Waals surface area contributed by atoms with Crippen LogP contribution in [0.25, 0.3) is 0 Å². The highest BCUT2D eigenvalue weighted by molar-refractivity contribution is 8.00. The van der Waals surface area contributed by atoms with E-state index in [0.29, 0.717) is 6.04 Å². The zero-order chi connectivity index (χ0) is 8.27. The first-order chi connectivity index (χ1) is 5.24. The monoisotopic (exact) mass is 175 g/mol. The van der Waals surface area contributed by atoms with E-state index in [1.54, 1.807) is 11.8 Å². The van der Waals surface area contributed by atoms with Gasteiger partial charge in [-0.2, -0.15) is 0 Å². The van der Waals surface area contributed by atoms with Crippen LogP contribution in [0.15, 0.2) is 0 Å². The first-order valence-electron chi connectivity index (χ1n) is 3.69. The van der Waals surface area contributed by atoms with Gasteiger partial charge in [-0.1, -0.05) is 0 Å². The highest BCUT2D eigenvalue weighted by atomic mass is 32.2. The fourth-order valence-electron chi connectivity index (χ4n) is 0.996. The Bertz CT molecular complexity index is 151. The molecule has 0 radical (unpaired) electrons. The van der Waals surface area contributed by atoms with E-state index in [1.807, 2.05) is 0 Å². The summed E-state index contributed by atoms with van der Waals surface area (Å²) in [6.07, 6.45) is 1.12. The van der Waals surface area contributed by atoms with Crippen molar-refractivity contribution < 1.29 is 9.53 Å². The van der Waals surface area contributed by atoms with Crippen LogP contribution in [0.2, 0.25) is 0 Å². The van der Waals surface area contributed by atoms with Gasteiger partial charge >= 0.3 is 5.97 Å². The third-order valence-electron chi connectivity index (χ3n) is 1.69. The second-order valence-electron chi connectivity index (χ2n) is 2.63. The third kappa shape index (κ3) is 2.38. The number of thioether (sulfide) groups is 1. The minimum atomic E-state index is -0.165. The lowest BCUT2D eigenvalue weighted by Crippen LogP contribution is -2.44. The summed E-state index contributed by atoms with van der Waals surface area (Å²) in [6.45, 7) is 2.08. The molecule has 1 aliphatic rings. The van der Waals surface area contributed by atoms with E-state index in [2.05, 4.69) is 17.0 Å². The lowest BCUT2D eigenvalue weighted by Gasteiger charge is -2.25. The van der Waals surface area contributed by atoms with E-state index in [9.17, 15) is 4.79 Å². The van der Waals surface area contributed by atoms with Crippen LogP contribution < -0.4 is 5.32 Å². The van der Waals surface area contributed by atoms with E-state index in [4.69, 9.17) is 0 Å². The van der Waals surface area contributed by atoms with Gasteiger partial charge in [-0.15, -0.1) is 11.8 Å². The molecular weight excluding hydrogens is 162 g/mol. The molecule has 1 heterocycles. The van der Waals surface area contributed by atoms with Crippen LogP contribution in [0.5, 0.6) is 0 Å². The normalized spacial score (nSPS) is 31.5. The number of nitrogens with one attached hydrogen (secondary N) is 1. The van der Waals surface area contributed by atoms with Gasteiger partial charge in [0.2, 0.25) is 0 Å². The molecule has 4 heteroatoms. The van der Waals surface area contributed by atoms with Crippen LogP contribution in [0.3, 0.4) is 0 Å². The molecule has 0 aromatic rings. The zero-order valence-corrected chi connectivity index (χ0v) is 7.61. The van der Waals surface area contributed by atoms with Crippen LogP contribution in [-0.2, 0) is 9.53 Å². The summed E-state index contributed by atoms with van der Waals surface area (Å²) in [5, 5.41) is 3.01. The lowest BCUT2D eigenvalue weighted by atomic mass is 10.2. The van der Waals surface area contributed by atoms with Crippen molar-refractivity contribution in [3.05, 3.63) is 0 Å². The van der Waals surface area contributed by atoms with Crippen molar-refractivity contribution in [3.8, 4) is 0 Å². The molecule has 1 fully saturated rings. The number of rotatable bonds is 1. The highest BCUT2D eigenvalue weighted by Gasteiger charge is 2.24. The molecule has 0 amide bonds. The minimum Gasteiger partial charge on any atom is -0.467 e. The molecule has 1 aliphatic heterocycles. The second-order valence-corrected chi connectivity index (χ2v) is 3.84. The van der Waals surface area contributed by atoms with E-state index < -0.39 is 0 Å². The summed E-state index contributed by atoms with van der Waals surface area (Å²) in [7, 11) is 1.42. The molecule has 2 atom stereocenters. The Balaban J connectivity index is 2.39. The standard InChI is InChI=1S/C7H13NO2S/c1-5-3-4-11-6(8-5)7(9)10-2/h5-6,8H,3-4H2,1-2H3. The molecule has 1 N–H and O–H groups in total. The van der Waals surface area contributed by atoms with Gasteiger partial charge < -0.3 is 4.74 Å². The average Bonchev–Trinajstić information content (AvgIpc) is 2.03. The molecule has 2 unspecified atom stereocenters. The van der Waals surface area contributed by atoms with Crippen molar-refractivity contribution in [2.75, 3.05) is 12.9 Å². The second kappa shape index (κ2) is 3.97. The number of carbonyl (C=O) groups is 1. The van der Waals surface area contributed by atoms with Gasteiger partial charge in [-0.25, -0.2) is 4.79 Å². The van der Waals surface area contributed by atoms with Gasteiger partial charge in [0, 0.05) is 6.04 Å². The fourth-order valence-corrected chi connectivity index (χ4v) is 2.28. The Hall–Kier alpha value is -0.220. The number of esters is 1. The quantitative estimate of drug-likeness (QED) is 0.592. The van der Waals surface area contributed by atoms with E-state index in [1.165, 1.54) is 7.11 Å². The molecule has 1 rings (SSSR count). The summed E-state index contributed by atoms with van der Waals surface area (Å²) in [5.41, 5.74) is 0. The first kappa shape index (κ1) is 8.87. The van der Waals surface area contributed by atoms with Crippen molar-refractivity contribution in [3.63, 3.8) is 0 Å². The van der Waals surface area contributed by atoms with Gasteiger partial charge in [0.1, 0.15) is 0 Å². The van der Waals surface area contributed by atoms with E-state index in [0.717, 1.165) is 12.2 Å². The smallest absolute Gasteiger partial charge is 0.333 e. The SMILES string of the molecule is COC(=O)C1NC(C)CCS1. The summed E-state index contributed by atoms with van der Waals surface area (Å²) in [4.78, 5) is 11.0. The molecule has 0 bridgehead atoms. The molecule has 0 aromatic carbocycles. The maximum atomic E-state index is 11.0. The number of carbonyl (C=O) groups excluding carboxylic acids is 1. The Labute approximate surface area is 70.9 Å². The van der Waals surface area contributed by atoms with Crippen LogP contribution in [0.4, 0.5) is 0 Å². The predicted octanol–water partition coefficient (Wildman–Crippen LogP) is 0.600. The van der Waals surface area contributed by atoms with E-state index in [-0.39, 0.29) is 11.3 Å². The molecule has 0 aromatic heterocycles. The number of ether oxygens (including phenoxy) is 1. The summed E-state index contributed by atoms with van der Waals surface area (Å²) in [6, 6.07) is 0.431. The molecule has 0 aliphatic carbocycles. The maximum absolute atomic E-state index is 11.0. The molecule has 11 heavy (non-hydrogen) atoms. The van der Waals surface area contributed by atoms with Gasteiger partial charge in [0.15, 0.2) is 5.37 Å². The lowest BCUT2D eigenvalue weighted by molar-refractivity contribution is -0.140. The largest absolute Gasteiger partial charge is 0.467 e. The Morgan fingerprint density at radius 2 is 2.45 bits per heavy atom. The van der Waals surface area contributed by atoms with Crippen LogP contribution in [-0.4, -0.2) is 30.2 Å². The van der Waals surface area contributed by atoms with Crippen molar-refractivity contribution in [1.29, 1.82) is 0 Å². The molecule has 0 spiro atoms. The highest BCUT2D eigenvalue weighted by Crippen LogP contribution is 2.18. The van der Waals surface area contributed by atoms with Gasteiger partial charge in [-0.3, -0.25) is 5.32 Å². The van der Waals surface area contributed by atoms with E-state index >= 15 is 0 Å². The third-order valence-corrected chi connectivity index (χ3v) is 2.82. The average molecular weight is 175 g/mol. The predicted molar refractivity (Wildman–Crippen MR) is 45.5 cm³/mol. The Morgan fingerprint density at radius 3 is 3.00 bits per heavy atom. The van der Waals surface area contributed by atoms with Crippen molar-refractivity contribution in [1.82, 2.24) is 5.32 Å². The van der Waals surface area contributed by atoms with Gasteiger partial charge in [0.05, 0.1) is 7.11 Å². The number of hydrogen-bond donors (Lipinski definition) is 1. The molecule has 1 saturated heterocycles. The van der Waals surface area contributed by atoms with Crippen molar-refractivity contribution >= 4 is 17.7 Å². The zero-order valence-electron chi connectivity index (χ0n) is 6.79. The number of hydrogen-bond acceptors (Lipinski definition) is 4. The van der Waals surface area contributed by atoms with Gasteiger partial charge in [-0.05, 0) is 19.1 Å². The van der Waals surface area contributed by atoms with Gasteiger partial charge in [0.25, 0.3) is 0 Å². The Morgan fingerprint density at radius 1 is 1.73 bits per heavy atom. The van der Waals surface area contributed by atoms with Crippen LogP contribution in [0, 0.1) is 0 Å². The molecule has 64 valence electrons. The fraction of sp³-hybridized carbons (Fsp3) is 0.857. The topological polar surface area (TPSA) is 38.3 Å². The number of methoxy groups -OCH3 is 1. The molecule has 3 nitrogen and oxygen atoms in total. The molecular formula is C7H13NO2S. The van der Waals surface area contributed by atoms with Crippen LogP contribution in [0.1, 0.15) is 13.3 Å². The summed E-state index contributed by atoms with van der Waals surface area (Å²) in [5.74, 6) is 0.870. The molecule has 0 saturated carbocycles. The maximum Gasteiger partial charge on any atom is 0.333 e.